The zero-order valence-corrected chi connectivity index (χ0v) is 18.1. The number of amides is 1. The molecule has 0 spiro atoms. The Kier molecular flexibility index (Phi) is 4.04. The highest BCUT2D eigenvalue weighted by Gasteiger charge is 2.70. The van der Waals surface area contributed by atoms with Gasteiger partial charge in [-0.25, -0.2) is 19.9 Å². The smallest absolute Gasteiger partial charge is 0.230 e. The normalized spacial score (nSPS) is 23.3. The molecule has 3 heterocycles. The van der Waals surface area contributed by atoms with Crippen molar-refractivity contribution in [2.45, 2.75) is 31.1 Å². The number of pyridine rings is 1. The van der Waals surface area contributed by atoms with E-state index in [-0.39, 0.29) is 16.2 Å². The SMILES string of the molecule is Cc1ccc(NC(=O)C23CC(Cl)(C2)C3)cc1Nc1ncccc1-c1ncnc2nc[nH]c12. The Morgan fingerprint density at radius 2 is 1.97 bits per heavy atom. The summed E-state index contributed by atoms with van der Waals surface area (Å²) in [6.07, 6.45) is 7.12. The molecule has 160 valence electrons. The van der Waals surface area contributed by atoms with Crippen molar-refractivity contribution in [3.8, 4) is 11.3 Å². The van der Waals surface area contributed by atoms with Crippen LogP contribution in [0.15, 0.2) is 49.2 Å². The number of hydrogen-bond donors (Lipinski definition) is 3. The summed E-state index contributed by atoms with van der Waals surface area (Å²) in [4.78, 5) is 33.1. The Morgan fingerprint density at radius 1 is 1.12 bits per heavy atom. The van der Waals surface area contributed by atoms with Crippen molar-refractivity contribution in [1.29, 1.82) is 0 Å². The van der Waals surface area contributed by atoms with E-state index >= 15 is 0 Å². The van der Waals surface area contributed by atoms with Gasteiger partial charge in [-0.15, -0.1) is 11.6 Å². The van der Waals surface area contributed by atoms with Crippen molar-refractivity contribution >= 4 is 45.9 Å². The predicted octanol–water partition coefficient (Wildman–Crippen LogP) is 4.57. The largest absolute Gasteiger partial charge is 0.341 e. The van der Waals surface area contributed by atoms with Gasteiger partial charge >= 0.3 is 0 Å². The first-order valence-corrected chi connectivity index (χ1v) is 10.8. The number of aromatic amines is 1. The third-order valence-corrected chi connectivity index (χ3v) is 6.88. The maximum Gasteiger partial charge on any atom is 0.230 e. The quantitative estimate of drug-likeness (QED) is 0.388. The number of nitrogens with zero attached hydrogens (tertiary/aromatic N) is 4. The molecule has 1 aromatic carbocycles. The van der Waals surface area contributed by atoms with Crippen LogP contribution in [0.25, 0.3) is 22.4 Å². The number of benzene rings is 1. The number of aryl methyl sites for hydroxylation is 1. The van der Waals surface area contributed by atoms with Crippen LogP contribution < -0.4 is 10.6 Å². The minimum absolute atomic E-state index is 0.0518. The fraction of sp³-hybridized carbons (Fsp3) is 0.261. The molecular formula is C23H20ClN7O. The number of carbonyl (C=O) groups is 1. The van der Waals surface area contributed by atoms with E-state index in [1.807, 2.05) is 37.3 Å². The molecule has 3 aliphatic carbocycles. The van der Waals surface area contributed by atoms with Crippen molar-refractivity contribution < 1.29 is 4.79 Å². The molecule has 8 nitrogen and oxygen atoms in total. The molecule has 3 aromatic heterocycles. The molecule has 0 atom stereocenters. The summed E-state index contributed by atoms with van der Waals surface area (Å²) < 4.78 is 0. The summed E-state index contributed by atoms with van der Waals surface area (Å²) in [6.45, 7) is 2.01. The number of fused-ring (bicyclic) bond motifs is 1. The zero-order chi connectivity index (χ0) is 21.9. The van der Waals surface area contributed by atoms with Gasteiger partial charge in [-0.1, -0.05) is 6.07 Å². The molecule has 2 bridgehead atoms. The average Bonchev–Trinajstić information content (AvgIpc) is 3.22. The van der Waals surface area contributed by atoms with E-state index in [1.54, 1.807) is 12.5 Å². The van der Waals surface area contributed by atoms with Gasteiger partial charge in [0.05, 0.1) is 11.7 Å². The summed E-state index contributed by atoms with van der Waals surface area (Å²) >= 11 is 6.33. The number of aromatic nitrogens is 5. The molecule has 32 heavy (non-hydrogen) atoms. The highest BCUT2D eigenvalue weighted by molar-refractivity contribution is 6.27. The first kappa shape index (κ1) is 19.2. The van der Waals surface area contributed by atoms with Gasteiger partial charge in [0.15, 0.2) is 5.65 Å². The van der Waals surface area contributed by atoms with Gasteiger partial charge in [-0.3, -0.25) is 4.79 Å². The topological polar surface area (TPSA) is 108 Å². The van der Waals surface area contributed by atoms with Crippen molar-refractivity contribution in [3.63, 3.8) is 0 Å². The molecule has 0 saturated heterocycles. The Morgan fingerprint density at radius 3 is 2.78 bits per heavy atom. The summed E-state index contributed by atoms with van der Waals surface area (Å²) in [5.74, 6) is 0.702. The van der Waals surface area contributed by atoms with E-state index in [0.29, 0.717) is 17.2 Å². The highest BCUT2D eigenvalue weighted by Crippen LogP contribution is 2.71. The summed E-state index contributed by atoms with van der Waals surface area (Å²) in [5, 5.41) is 6.48. The van der Waals surface area contributed by atoms with Crippen LogP contribution in [-0.4, -0.2) is 35.7 Å². The lowest BCUT2D eigenvalue weighted by Gasteiger charge is -2.65. The predicted molar refractivity (Wildman–Crippen MR) is 123 cm³/mol. The number of carbonyl (C=O) groups excluding carboxylic acids is 1. The van der Waals surface area contributed by atoms with Crippen LogP contribution in [0, 0.1) is 12.3 Å². The minimum Gasteiger partial charge on any atom is -0.341 e. The molecule has 7 rings (SSSR count). The molecular weight excluding hydrogens is 426 g/mol. The Hall–Kier alpha value is -3.52. The average molecular weight is 446 g/mol. The first-order chi connectivity index (χ1) is 15.4. The van der Waals surface area contributed by atoms with Crippen LogP contribution in [0.5, 0.6) is 0 Å². The van der Waals surface area contributed by atoms with Gasteiger partial charge < -0.3 is 15.6 Å². The molecule has 3 fully saturated rings. The van der Waals surface area contributed by atoms with Crippen molar-refractivity contribution in [1.82, 2.24) is 24.9 Å². The fourth-order valence-electron chi connectivity index (χ4n) is 4.80. The molecule has 3 aliphatic rings. The van der Waals surface area contributed by atoms with E-state index in [0.717, 1.165) is 47.3 Å². The monoisotopic (exact) mass is 445 g/mol. The molecule has 3 N–H and O–H groups in total. The van der Waals surface area contributed by atoms with Gasteiger partial charge in [0.25, 0.3) is 0 Å². The lowest BCUT2D eigenvalue weighted by atomic mass is 9.43. The molecule has 9 heteroatoms. The van der Waals surface area contributed by atoms with Gasteiger partial charge in [0.1, 0.15) is 23.4 Å². The first-order valence-electron chi connectivity index (χ1n) is 10.4. The maximum atomic E-state index is 12.8. The Bertz CT molecular complexity index is 1360. The molecule has 3 saturated carbocycles. The second kappa shape index (κ2) is 6.74. The van der Waals surface area contributed by atoms with Crippen LogP contribution in [0.4, 0.5) is 17.2 Å². The second-order valence-corrected chi connectivity index (χ2v) is 9.60. The third kappa shape index (κ3) is 2.94. The van der Waals surface area contributed by atoms with E-state index in [4.69, 9.17) is 11.6 Å². The van der Waals surface area contributed by atoms with Crippen LogP contribution in [-0.2, 0) is 4.79 Å². The lowest BCUT2D eigenvalue weighted by molar-refractivity contribution is -0.152. The van der Waals surface area contributed by atoms with Crippen LogP contribution >= 0.6 is 11.6 Å². The van der Waals surface area contributed by atoms with Crippen molar-refractivity contribution in [3.05, 3.63) is 54.7 Å². The van der Waals surface area contributed by atoms with Crippen LogP contribution in [0.3, 0.4) is 0 Å². The van der Waals surface area contributed by atoms with Crippen LogP contribution in [0.1, 0.15) is 24.8 Å². The van der Waals surface area contributed by atoms with Crippen molar-refractivity contribution in [2.24, 2.45) is 5.41 Å². The van der Waals surface area contributed by atoms with Gasteiger partial charge in [0.2, 0.25) is 5.91 Å². The minimum atomic E-state index is -0.281. The number of hydrogen-bond acceptors (Lipinski definition) is 6. The Balaban J connectivity index is 1.30. The number of halogens is 1. The molecule has 0 radical (unpaired) electrons. The number of H-pyrrole nitrogens is 1. The molecule has 4 aromatic rings. The van der Waals surface area contributed by atoms with Gasteiger partial charge in [-0.05, 0) is 56.0 Å². The second-order valence-electron chi connectivity index (χ2n) is 8.79. The maximum absolute atomic E-state index is 12.8. The summed E-state index contributed by atoms with van der Waals surface area (Å²) in [5.41, 5.74) is 5.21. The van der Waals surface area contributed by atoms with E-state index in [2.05, 4.69) is 35.6 Å². The molecule has 1 amide bonds. The number of nitrogens with one attached hydrogen (secondary N) is 3. The van der Waals surface area contributed by atoms with Gasteiger partial charge in [0, 0.05) is 28.0 Å². The number of imidazole rings is 1. The molecule has 0 aliphatic heterocycles. The van der Waals surface area contributed by atoms with Gasteiger partial charge in [-0.2, -0.15) is 0 Å². The van der Waals surface area contributed by atoms with E-state index in [1.165, 1.54) is 6.33 Å². The van der Waals surface area contributed by atoms with E-state index in [9.17, 15) is 4.79 Å². The zero-order valence-electron chi connectivity index (χ0n) is 17.3. The highest BCUT2D eigenvalue weighted by atomic mass is 35.5. The third-order valence-electron chi connectivity index (χ3n) is 6.48. The standard InChI is InChI=1S/C23H20ClN7O/c1-13-4-5-14(30-21(32)22-8-23(24,9-22)10-22)7-16(13)31-19-15(3-2-6-25-19)17-18-20(28-11-26-17)29-12-27-18/h2-7,11-12H,8-10H2,1H3,(H,25,31)(H,30,32)(H,26,27,28,29). The summed E-state index contributed by atoms with van der Waals surface area (Å²) in [7, 11) is 0. The number of anilines is 3. The molecule has 0 unspecified atom stereocenters. The number of rotatable bonds is 5. The van der Waals surface area contributed by atoms with Crippen LogP contribution in [0.2, 0.25) is 0 Å². The summed E-state index contributed by atoms with van der Waals surface area (Å²) in [6, 6.07) is 9.63. The fourth-order valence-corrected chi connectivity index (χ4v) is 5.56. The lowest BCUT2D eigenvalue weighted by Crippen LogP contribution is -2.68. The number of alkyl halides is 1. The Labute approximate surface area is 188 Å². The van der Waals surface area contributed by atoms with E-state index < -0.39 is 0 Å². The van der Waals surface area contributed by atoms with Crippen molar-refractivity contribution in [2.75, 3.05) is 10.6 Å².